The van der Waals surface area contributed by atoms with Gasteiger partial charge in [0, 0.05) is 0 Å². The zero-order valence-corrected chi connectivity index (χ0v) is 17.0. The molecule has 3 aromatic rings. The van der Waals surface area contributed by atoms with Gasteiger partial charge in [0.15, 0.2) is 16.6 Å². The van der Waals surface area contributed by atoms with Gasteiger partial charge in [-0.1, -0.05) is 36.1 Å². The van der Waals surface area contributed by atoms with E-state index in [2.05, 4.69) is 27.4 Å². The third kappa shape index (κ3) is 5.32. The van der Waals surface area contributed by atoms with E-state index >= 15 is 0 Å². The number of nitrogens with one attached hydrogen (secondary N) is 2. The summed E-state index contributed by atoms with van der Waals surface area (Å²) >= 11 is 1.50. The molecular formula is C21H22N4O3S. The maximum Gasteiger partial charge on any atom is 0.262 e. The van der Waals surface area contributed by atoms with Gasteiger partial charge in [-0.2, -0.15) is 5.10 Å². The lowest BCUT2D eigenvalue weighted by molar-refractivity contribution is -0.121. The van der Waals surface area contributed by atoms with Crippen molar-refractivity contribution in [1.29, 1.82) is 0 Å². The first-order valence-electron chi connectivity index (χ1n) is 8.97. The molecule has 2 aromatic carbocycles. The summed E-state index contributed by atoms with van der Waals surface area (Å²) in [7, 11) is 1.56. The Morgan fingerprint density at radius 1 is 1.31 bits per heavy atom. The lowest BCUT2D eigenvalue weighted by Gasteiger charge is -2.11. The van der Waals surface area contributed by atoms with E-state index in [0.29, 0.717) is 23.2 Å². The topological polar surface area (TPSA) is 84.8 Å². The molecule has 7 nitrogen and oxygen atoms in total. The number of aromatic nitrogens is 1. The Balaban J connectivity index is 1.57. The van der Waals surface area contributed by atoms with Crippen molar-refractivity contribution in [3.63, 3.8) is 0 Å². The van der Waals surface area contributed by atoms with E-state index in [9.17, 15) is 4.79 Å². The monoisotopic (exact) mass is 410 g/mol. The Morgan fingerprint density at radius 3 is 2.90 bits per heavy atom. The first-order valence-corrected chi connectivity index (χ1v) is 9.79. The van der Waals surface area contributed by atoms with Crippen molar-refractivity contribution < 1.29 is 14.3 Å². The van der Waals surface area contributed by atoms with E-state index in [4.69, 9.17) is 9.47 Å². The number of rotatable bonds is 9. The van der Waals surface area contributed by atoms with Crippen LogP contribution in [0.1, 0.15) is 12.5 Å². The molecule has 0 fully saturated rings. The van der Waals surface area contributed by atoms with Gasteiger partial charge in [-0.25, -0.2) is 10.4 Å². The first-order chi connectivity index (χ1) is 14.1. The number of para-hydroxylation sites is 1. The van der Waals surface area contributed by atoms with E-state index in [1.54, 1.807) is 38.5 Å². The first kappa shape index (κ1) is 20.3. The van der Waals surface area contributed by atoms with Crippen LogP contribution in [0.25, 0.3) is 10.2 Å². The molecule has 0 saturated heterocycles. The van der Waals surface area contributed by atoms with Crippen molar-refractivity contribution in [2.45, 2.75) is 13.0 Å². The second-order valence-electron chi connectivity index (χ2n) is 6.10. The maximum atomic E-state index is 12.3. The van der Waals surface area contributed by atoms with Crippen molar-refractivity contribution in [3.05, 3.63) is 60.7 Å². The zero-order chi connectivity index (χ0) is 20.6. The number of hydrazone groups is 1. The molecule has 0 unspecified atom stereocenters. The standard InChI is InChI=1S/C21H22N4O3S/c1-4-11-28-17-10-9-15(12-18(17)27-3)13-22-25-20(26)14(2)23-21-24-16-7-5-6-8-19(16)29-21/h4-10,12-14H,1,11H2,2-3H3,(H,23,24)(H,25,26)/b22-13-/t14-/m1/s1. The average molecular weight is 410 g/mol. The lowest BCUT2D eigenvalue weighted by atomic mass is 10.2. The predicted molar refractivity (Wildman–Crippen MR) is 117 cm³/mol. The van der Waals surface area contributed by atoms with Crippen LogP contribution in [-0.2, 0) is 4.79 Å². The van der Waals surface area contributed by atoms with E-state index in [1.165, 1.54) is 11.3 Å². The molecule has 0 bridgehead atoms. The number of fused-ring (bicyclic) bond motifs is 1. The molecule has 1 atom stereocenters. The predicted octanol–water partition coefficient (Wildman–Crippen LogP) is 3.82. The summed E-state index contributed by atoms with van der Waals surface area (Å²) in [5.41, 5.74) is 4.20. The van der Waals surface area contributed by atoms with Crippen LogP contribution in [0.5, 0.6) is 11.5 Å². The molecule has 0 aliphatic carbocycles. The number of thiazole rings is 1. The van der Waals surface area contributed by atoms with E-state index in [-0.39, 0.29) is 5.91 Å². The number of methoxy groups -OCH3 is 1. The highest BCUT2D eigenvalue weighted by atomic mass is 32.1. The molecule has 0 aliphatic rings. The van der Waals surface area contributed by atoms with Gasteiger partial charge < -0.3 is 14.8 Å². The zero-order valence-electron chi connectivity index (χ0n) is 16.2. The Kier molecular flexibility index (Phi) is 6.80. The molecule has 29 heavy (non-hydrogen) atoms. The van der Waals surface area contributed by atoms with Crippen molar-refractivity contribution in [1.82, 2.24) is 10.4 Å². The van der Waals surface area contributed by atoms with Crippen molar-refractivity contribution in [3.8, 4) is 11.5 Å². The Morgan fingerprint density at radius 2 is 2.14 bits per heavy atom. The number of anilines is 1. The highest BCUT2D eigenvalue weighted by Crippen LogP contribution is 2.27. The van der Waals surface area contributed by atoms with Crippen LogP contribution in [0.2, 0.25) is 0 Å². The summed E-state index contributed by atoms with van der Waals surface area (Å²) in [4.78, 5) is 16.8. The van der Waals surface area contributed by atoms with Gasteiger partial charge in [0.25, 0.3) is 5.91 Å². The van der Waals surface area contributed by atoms with Crippen LogP contribution in [-0.4, -0.2) is 36.9 Å². The van der Waals surface area contributed by atoms with Gasteiger partial charge in [0.05, 0.1) is 23.5 Å². The van der Waals surface area contributed by atoms with Gasteiger partial charge >= 0.3 is 0 Å². The number of hydrogen-bond acceptors (Lipinski definition) is 7. The fraction of sp³-hybridized carbons (Fsp3) is 0.190. The second-order valence-corrected chi connectivity index (χ2v) is 7.13. The molecule has 150 valence electrons. The number of nitrogens with zero attached hydrogens (tertiary/aromatic N) is 2. The quantitative estimate of drug-likeness (QED) is 0.318. The van der Waals surface area contributed by atoms with E-state index in [0.717, 1.165) is 15.8 Å². The average Bonchev–Trinajstić information content (AvgIpc) is 3.14. The van der Waals surface area contributed by atoms with Crippen LogP contribution in [0, 0.1) is 0 Å². The Bertz CT molecular complexity index is 999. The van der Waals surface area contributed by atoms with Gasteiger partial charge in [-0.3, -0.25) is 4.79 Å². The highest BCUT2D eigenvalue weighted by molar-refractivity contribution is 7.22. The molecule has 1 heterocycles. The minimum absolute atomic E-state index is 0.265. The number of carbonyl (C=O) groups is 1. The largest absolute Gasteiger partial charge is 0.493 e. The molecular weight excluding hydrogens is 388 g/mol. The smallest absolute Gasteiger partial charge is 0.262 e. The molecule has 2 N–H and O–H groups in total. The van der Waals surface area contributed by atoms with E-state index < -0.39 is 6.04 Å². The van der Waals surface area contributed by atoms with Crippen LogP contribution >= 0.6 is 11.3 Å². The summed E-state index contributed by atoms with van der Waals surface area (Å²) in [6, 6.07) is 12.7. The fourth-order valence-corrected chi connectivity index (χ4v) is 3.44. The number of carbonyl (C=O) groups excluding carboxylic acids is 1. The fourth-order valence-electron chi connectivity index (χ4n) is 2.48. The molecule has 8 heteroatoms. The summed E-state index contributed by atoms with van der Waals surface area (Å²) in [6.45, 7) is 5.77. The Labute approximate surface area is 173 Å². The van der Waals surface area contributed by atoms with Crippen LogP contribution in [0.15, 0.2) is 60.2 Å². The number of ether oxygens (including phenoxy) is 2. The molecule has 0 aliphatic heterocycles. The number of amides is 1. The van der Waals surface area contributed by atoms with Gasteiger partial charge in [-0.15, -0.1) is 0 Å². The van der Waals surface area contributed by atoms with Crippen LogP contribution in [0.3, 0.4) is 0 Å². The molecule has 3 rings (SSSR count). The summed E-state index contributed by atoms with van der Waals surface area (Å²) < 4.78 is 11.9. The highest BCUT2D eigenvalue weighted by Gasteiger charge is 2.14. The maximum absolute atomic E-state index is 12.3. The summed E-state index contributed by atoms with van der Waals surface area (Å²) in [5.74, 6) is 0.925. The third-order valence-corrected chi connectivity index (χ3v) is 4.93. The molecule has 0 spiro atoms. The molecule has 1 aromatic heterocycles. The van der Waals surface area contributed by atoms with Crippen molar-refractivity contribution in [2.75, 3.05) is 19.0 Å². The van der Waals surface area contributed by atoms with Crippen molar-refractivity contribution in [2.24, 2.45) is 5.10 Å². The van der Waals surface area contributed by atoms with Crippen molar-refractivity contribution >= 4 is 38.8 Å². The minimum Gasteiger partial charge on any atom is -0.493 e. The van der Waals surface area contributed by atoms with Gasteiger partial charge in [-0.05, 0) is 42.8 Å². The van der Waals surface area contributed by atoms with Gasteiger partial charge in [0.2, 0.25) is 0 Å². The summed E-state index contributed by atoms with van der Waals surface area (Å²) in [6.07, 6.45) is 3.20. The Hall–Kier alpha value is -3.39. The lowest BCUT2D eigenvalue weighted by Crippen LogP contribution is -2.34. The molecule has 0 saturated carbocycles. The second kappa shape index (κ2) is 9.70. The third-order valence-electron chi connectivity index (χ3n) is 3.96. The normalized spacial score (nSPS) is 11.9. The summed E-state index contributed by atoms with van der Waals surface area (Å²) in [5, 5.41) is 7.81. The molecule has 0 radical (unpaired) electrons. The van der Waals surface area contributed by atoms with Crippen LogP contribution < -0.4 is 20.2 Å². The van der Waals surface area contributed by atoms with E-state index in [1.807, 2.05) is 30.3 Å². The number of hydrogen-bond donors (Lipinski definition) is 2. The van der Waals surface area contributed by atoms with Gasteiger partial charge in [0.1, 0.15) is 12.6 Å². The SMILES string of the molecule is C=CCOc1ccc(/C=N\NC(=O)[C@@H](C)Nc2nc3ccccc3s2)cc1OC. The van der Waals surface area contributed by atoms with Crippen LogP contribution in [0.4, 0.5) is 5.13 Å². The minimum atomic E-state index is -0.489. The number of benzene rings is 2. The molecule has 1 amide bonds.